The fourth-order valence-electron chi connectivity index (χ4n) is 1.70. The SMILES string of the molecule is CC(C)(CN)CCNc1ccc2[nH]c(=O)oc2c1. The lowest BCUT2D eigenvalue weighted by atomic mass is 9.90. The van der Waals surface area contributed by atoms with Gasteiger partial charge in [-0.2, -0.15) is 0 Å². The standard InChI is InChI=1S/C13H19N3O2/c1-13(2,8-14)5-6-15-9-3-4-10-11(7-9)18-12(17)16-10/h3-4,7,15H,5-6,8,14H2,1-2H3,(H,16,17). The highest BCUT2D eigenvalue weighted by Gasteiger charge is 2.14. The summed E-state index contributed by atoms with van der Waals surface area (Å²) in [4.78, 5) is 13.6. The predicted molar refractivity (Wildman–Crippen MR) is 72.8 cm³/mol. The van der Waals surface area contributed by atoms with Crippen LogP contribution in [0.5, 0.6) is 0 Å². The lowest BCUT2D eigenvalue weighted by molar-refractivity contribution is 0.358. The van der Waals surface area contributed by atoms with Gasteiger partial charge in [0.05, 0.1) is 5.52 Å². The van der Waals surface area contributed by atoms with Gasteiger partial charge >= 0.3 is 5.76 Å². The third kappa shape index (κ3) is 2.92. The van der Waals surface area contributed by atoms with Gasteiger partial charge in [-0.05, 0) is 30.5 Å². The van der Waals surface area contributed by atoms with E-state index in [2.05, 4.69) is 24.1 Å². The molecule has 0 aliphatic carbocycles. The van der Waals surface area contributed by atoms with Crippen molar-refractivity contribution in [2.24, 2.45) is 11.1 Å². The molecule has 98 valence electrons. The van der Waals surface area contributed by atoms with Crippen LogP contribution in [0, 0.1) is 5.41 Å². The minimum absolute atomic E-state index is 0.137. The number of nitrogens with one attached hydrogen (secondary N) is 2. The zero-order chi connectivity index (χ0) is 13.2. The predicted octanol–water partition coefficient (Wildman–Crippen LogP) is 1.91. The second-order valence-corrected chi connectivity index (χ2v) is 5.27. The molecule has 5 heteroatoms. The molecule has 0 fully saturated rings. The lowest BCUT2D eigenvalue weighted by Crippen LogP contribution is -2.26. The second kappa shape index (κ2) is 4.86. The van der Waals surface area contributed by atoms with Gasteiger partial charge in [-0.3, -0.25) is 4.98 Å². The summed E-state index contributed by atoms with van der Waals surface area (Å²) in [6, 6.07) is 5.57. The largest absolute Gasteiger partial charge is 0.417 e. The maximum absolute atomic E-state index is 11.0. The lowest BCUT2D eigenvalue weighted by Gasteiger charge is -2.22. The minimum atomic E-state index is -0.425. The Kier molecular flexibility index (Phi) is 3.43. The van der Waals surface area contributed by atoms with Crippen molar-refractivity contribution < 1.29 is 4.42 Å². The number of anilines is 1. The Morgan fingerprint density at radius 1 is 1.44 bits per heavy atom. The fourth-order valence-corrected chi connectivity index (χ4v) is 1.70. The molecule has 1 aromatic carbocycles. The summed E-state index contributed by atoms with van der Waals surface area (Å²) in [5, 5.41) is 3.30. The van der Waals surface area contributed by atoms with Crippen molar-refractivity contribution in [1.29, 1.82) is 0 Å². The molecule has 2 rings (SSSR count). The smallest absolute Gasteiger partial charge is 0.408 e. The van der Waals surface area contributed by atoms with Crippen LogP contribution in [0.3, 0.4) is 0 Å². The molecule has 5 nitrogen and oxygen atoms in total. The van der Waals surface area contributed by atoms with Crippen molar-refractivity contribution >= 4 is 16.8 Å². The molecule has 0 radical (unpaired) electrons. The molecular weight excluding hydrogens is 230 g/mol. The maximum Gasteiger partial charge on any atom is 0.417 e. The minimum Gasteiger partial charge on any atom is -0.408 e. The first-order chi connectivity index (χ1) is 8.50. The Balaban J connectivity index is 2.01. The molecule has 0 atom stereocenters. The number of aromatic nitrogens is 1. The van der Waals surface area contributed by atoms with Gasteiger partial charge in [0.1, 0.15) is 0 Å². The van der Waals surface area contributed by atoms with Crippen LogP contribution in [0.25, 0.3) is 11.1 Å². The molecule has 0 spiro atoms. The van der Waals surface area contributed by atoms with Crippen molar-refractivity contribution in [3.05, 3.63) is 28.7 Å². The average molecular weight is 249 g/mol. The first kappa shape index (κ1) is 12.7. The summed E-state index contributed by atoms with van der Waals surface area (Å²) in [5.74, 6) is -0.425. The van der Waals surface area contributed by atoms with Gasteiger partial charge in [-0.15, -0.1) is 0 Å². The van der Waals surface area contributed by atoms with Crippen molar-refractivity contribution in [1.82, 2.24) is 4.98 Å². The Morgan fingerprint density at radius 2 is 2.22 bits per heavy atom. The average Bonchev–Trinajstić information content (AvgIpc) is 2.68. The normalized spacial score (nSPS) is 11.9. The Hall–Kier alpha value is -1.75. The van der Waals surface area contributed by atoms with Crippen LogP contribution in [0.1, 0.15) is 20.3 Å². The van der Waals surface area contributed by atoms with Gasteiger partial charge in [0.2, 0.25) is 0 Å². The third-order valence-corrected chi connectivity index (χ3v) is 3.10. The van der Waals surface area contributed by atoms with Crippen LogP contribution < -0.4 is 16.8 Å². The molecule has 0 saturated heterocycles. The van der Waals surface area contributed by atoms with E-state index in [1.807, 2.05) is 18.2 Å². The first-order valence-electron chi connectivity index (χ1n) is 6.07. The number of hydrogen-bond donors (Lipinski definition) is 3. The zero-order valence-electron chi connectivity index (χ0n) is 10.7. The molecule has 0 aliphatic heterocycles. The van der Waals surface area contributed by atoms with E-state index in [1.165, 1.54) is 0 Å². The molecule has 0 amide bonds. The molecule has 2 aromatic rings. The van der Waals surface area contributed by atoms with Gasteiger partial charge in [0.15, 0.2) is 5.58 Å². The number of fused-ring (bicyclic) bond motifs is 1. The van der Waals surface area contributed by atoms with Crippen LogP contribution in [0.2, 0.25) is 0 Å². The van der Waals surface area contributed by atoms with Crippen molar-refractivity contribution in [3.8, 4) is 0 Å². The van der Waals surface area contributed by atoms with Crippen LogP contribution >= 0.6 is 0 Å². The molecule has 18 heavy (non-hydrogen) atoms. The van der Waals surface area contributed by atoms with E-state index in [0.717, 1.165) is 18.7 Å². The van der Waals surface area contributed by atoms with Crippen LogP contribution in [-0.2, 0) is 0 Å². The molecule has 0 aliphatic rings. The maximum atomic E-state index is 11.0. The second-order valence-electron chi connectivity index (χ2n) is 5.27. The van der Waals surface area contributed by atoms with Crippen LogP contribution in [0.4, 0.5) is 5.69 Å². The highest BCUT2D eigenvalue weighted by atomic mass is 16.4. The monoisotopic (exact) mass is 249 g/mol. The molecule has 0 saturated carbocycles. The Morgan fingerprint density at radius 3 is 2.94 bits per heavy atom. The van der Waals surface area contributed by atoms with Crippen LogP contribution in [-0.4, -0.2) is 18.1 Å². The number of hydrogen-bond acceptors (Lipinski definition) is 4. The summed E-state index contributed by atoms with van der Waals surface area (Å²) >= 11 is 0. The molecule has 0 unspecified atom stereocenters. The van der Waals surface area contributed by atoms with Gasteiger partial charge in [-0.25, -0.2) is 4.79 Å². The molecule has 1 aromatic heterocycles. The number of rotatable bonds is 5. The van der Waals surface area contributed by atoms with E-state index < -0.39 is 5.76 Å². The first-order valence-corrected chi connectivity index (χ1v) is 6.07. The third-order valence-electron chi connectivity index (χ3n) is 3.10. The summed E-state index contributed by atoms with van der Waals surface area (Å²) < 4.78 is 5.01. The summed E-state index contributed by atoms with van der Waals surface area (Å²) in [5.41, 5.74) is 8.05. The van der Waals surface area contributed by atoms with Gasteiger partial charge < -0.3 is 15.5 Å². The Bertz CT molecular complexity index is 583. The molecule has 4 N–H and O–H groups in total. The summed E-state index contributed by atoms with van der Waals surface area (Å²) in [6.07, 6.45) is 0.985. The van der Waals surface area contributed by atoms with Crippen LogP contribution in [0.15, 0.2) is 27.4 Å². The van der Waals surface area contributed by atoms with Gasteiger partial charge in [-0.1, -0.05) is 13.8 Å². The van der Waals surface area contributed by atoms with E-state index in [9.17, 15) is 4.79 Å². The summed E-state index contributed by atoms with van der Waals surface area (Å²) in [7, 11) is 0. The van der Waals surface area contributed by atoms with Crippen molar-refractivity contribution in [2.45, 2.75) is 20.3 Å². The van der Waals surface area contributed by atoms with E-state index in [1.54, 1.807) is 0 Å². The number of nitrogens with two attached hydrogens (primary N) is 1. The number of H-pyrrole nitrogens is 1. The summed E-state index contributed by atoms with van der Waals surface area (Å²) in [6.45, 7) is 5.79. The van der Waals surface area contributed by atoms with Crippen molar-refractivity contribution in [3.63, 3.8) is 0 Å². The highest BCUT2D eigenvalue weighted by Crippen LogP contribution is 2.20. The Labute approximate surface area is 105 Å². The van der Waals surface area contributed by atoms with E-state index in [-0.39, 0.29) is 5.41 Å². The van der Waals surface area contributed by atoms with Gasteiger partial charge in [0, 0.05) is 18.3 Å². The topological polar surface area (TPSA) is 84.0 Å². The molecule has 0 bridgehead atoms. The molecular formula is C13H19N3O2. The van der Waals surface area contributed by atoms with E-state index in [0.29, 0.717) is 17.6 Å². The number of oxazole rings is 1. The van der Waals surface area contributed by atoms with Gasteiger partial charge in [0.25, 0.3) is 0 Å². The molecule has 1 heterocycles. The number of benzene rings is 1. The van der Waals surface area contributed by atoms with E-state index >= 15 is 0 Å². The van der Waals surface area contributed by atoms with E-state index in [4.69, 9.17) is 10.2 Å². The highest BCUT2D eigenvalue weighted by molar-refractivity contribution is 5.76. The fraction of sp³-hybridized carbons (Fsp3) is 0.462. The quantitative estimate of drug-likeness (QED) is 0.755. The van der Waals surface area contributed by atoms with Crippen molar-refractivity contribution in [2.75, 3.05) is 18.4 Å². The number of aromatic amines is 1. The zero-order valence-corrected chi connectivity index (χ0v) is 10.7.